The van der Waals surface area contributed by atoms with Gasteiger partial charge in [-0.3, -0.25) is 4.79 Å². The van der Waals surface area contributed by atoms with Crippen LogP contribution in [0.2, 0.25) is 0 Å². The third-order valence-corrected chi connectivity index (χ3v) is 6.09. The molecule has 0 atom stereocenters. The Hall–Kier alpha value is -3.44. The zero-order chi connectivity index (χ0) is 22.7. The number of rotatable bonds is 6. The number of hydrogen-bond donors (Lipinski definition) is 1. The normalized spacial score (nSPS) is 11.6. The lowest BCUT2D eigenvalue weighted by molar-refractivity contribution is -0.111. The van der Waals surface area contributed by atoms with Crippen LogP contribution in [0.5, 0.6) is 5.75 Å². The molecule has 0 fully saturated rings. The highest BCUT2D eigenvalue weighted by molar-refractivity contribution is 7.98. The van der Waals surface area contributed by atoms with Crippen molar-refractivity contribution in [2.24, 2.45) is 0 Å². The van der Waals surface area contributed by atoms with Crippen LogP contribution in [0.1, 0.15) is 18.1 Å². The number of allylic oxidation sites excluding steroid dienone is 1. The first-order valence-corrected chi connectivity index (χ1v) is 11.5. The molecular weight excluding hydrogens is 418 g/mol. The topological polar surface area (TPSA) is 51.5 Å². The highest BCUT2D eigenvalue weighted by atomic mass is 32.2. The molecule has 0 radical (unpaired) electrons. The van der Waals surface area contributed by atoms with Gasteiger partial charge in [-0.1, -0.05) is 35.9 Å². The minimum Gasteiger partial charge on any atom is -0.496 e. The average molecular weight is 444 g/mol. The third-order valence-electron chi connectivity index (χ3n) is 5.37. The molecule has 0 bridgehead atoms. The molecule has 0 unspecified atom stereocenters. The molecular formula is C27H25NO3S. The molecule has 0 aliphatic carbocycles. The molecule has 4 rings (SSSR count). The number of amides is 1. The summed E-state index contributed by atoms with van der Waals surface area (Å²) in [4.78, 5) is 13.8. The largest absolute Gasteiger partial charge is 0.496 e. The Bertz CT molecular complexity index is 1300. The van der Waals surface area contributed by atoms with Crippen molar-refractivity contribution in [3.63, 3.8) is 0 Å². The van der Waals surface area contributed by atoms with E-state index in [0.29, 0.717) is 5.75 Å². The van der Waals surface area contributed by atoms with E-state index in [2.05, 4.69) is 36.5 Å². The van der Waals surface area contributed by atoms with Crippen LogP contribution >= 0.6 is 11.8 Å². The lowest BCUT2D eigenvalue weighted by Gasteiger charge is -2.10. The van der Waals surface area contributed by atoms with Gasteiger partial charge in [-0.2, -0.15) is 0 Å². The minimum absolute atomic E-state index is 0.186. The molecule has 0 saturated heterocycles. The van der Waals surface area contributed by atoms with E-state index < -0.39 is 0 Å². The van der Waals surface area contributed by atoms with Gasteiger partial charge in [0.15, 0.2) is 0 Å². The van der Waals surface area contributed by atoms with Crippen molar-refractivity contribution < 1.29 is 13.9 Å². The van der Waals surface area contributed by atoms with Crippen molar-refractivity contribution >= 4 is 39.9 Å². The zero-order valence-corrected chi connectivity index (χ0v) is 19.4. The summed E-state index contributed by atoms with van der Waals surface area (Å²) < 4.78 is 11.4. The lowest BCUT2D eigenvalue weighted by atomic mass is 9.99. The molecule has 4 nitrogen and oxygen atoms in total. The fourth-order valence-corrected chi connectivity index (χ4v) is 4.10. The summed E-state index contributed by atoms with van der Waals surface area (Å²) in [5, 5.41) is 3.92. The second-order valence-electron chi connectivity index (χ2n) is 7.61. The molecule has 4 aromatic rings. The number of nitrogens with one attached hydrogen (secondary N) is 1. The van der Waals surface area contributed by atoms with Crippen LogP contribution in [0.15, 0.2) is 82.3 Å². The summed E-state index contributed by atoms with van der Waals surface area (Å²) >= 11 is 1.64. The van der Waals surface area contributed by atoms with Gasteiger partial charge < -0.3 is 14.5 Å². The molecule has 1 aromatic heterocycles. The van der Waals surface area contributed by atoms with Crippen molar-refractivity contribution in [1.82, 2.24) is 0 Å². The fraction of sp³-hybridized carbons (Fsp3) is 0.148. The Morgan fingerprint density at radius 1 is 1.09 bits per heavy atom. The van der Waals surface area contributed by atoms with Crippen molar-refractivity contribution in [2.75, 3.05) is 18.7 Å². The summed E-state index contributed by atoms with van der Waals surface area (Å²) in [7, 11) is 1.62. The van der Waals surface area contributed by atoms with Crippen molar-refractivity contribution in [3.8, 4) is 16.9 Å². The van der Waals surface area contributed by atoms with Gasteiger partial charge in [-0.05, 0) is 55.5 Å². The molecule has 0 aliphatic rings. The van der Waals surface area contributed by atoms with E-state index in [1.807, 2.05) is 49.6 Å². The van der Waals surface area contributed by atoms with E-state index in [4.69, 9.17) is 9.15 Å². The number of hydrogen-bond acceptors (Lipinski definition) is 4. The average Bonchev–Trinajstić information content (AvgIpc) is 3.21. The smallest absolute Gasteiger partial charge is 0.248 e. The van der Waals surface area contributed by atoms with Gasteiger partial charge in [0.05, 0.1) is 13.4 Å². The molecule has 32 heavy (non-hydrogen) atoms. The second kappa shape index (κ2) is 9.37. The molecule has 0 spiro atoms. The maximum atomic E-state index is 12.7. The van der Waals surface area contributed by atoms with Gasteiger partial charge in [0.25, 0.3) is 0 Å². The summed E-state index contributed by atoms with van der Waals surface area (Å²) in [6.07, 6.45) is 5.37. The van der Waals surface area contributed by atoms with Crippen LogP contribution in [0.25, 0.3) is 27.7 Å². The number of benzene rings is 3. The van der Waals surface area contributed by atoms with Crippen molar-refractivity contribution in [2.45, 2.75) is 18.7 Å². The van der Waals surface area contributed by atoms with E-state index in [-0.39, 0.29) is 5.91 Å². The first-order chi connectivity index (χ1) is 15.5. The summed E-state index contributed by atoms with van der Waals surface area (Å²) in [6.45, 7) is 3.98. The summed E-state index contributed by atoms with van der Waals surface area (Å²) in [6, 6.07) is 20.0. The standard InChI is InChI=1S/C27H25NO3S/c1-17-8-10-19(11-9-17)24-16-31-26-15-25(30-3)22(14-23(24)26)18(2)12-27(29)28-20-6-5-7-21(13-20)32-4/h5-16H,1-4H3,(H,28,29)/b18-12+. The predicted octanol–water partition coefficient (Wildman–Crippen LogP) is 7.18. The maximum absolute atomic E-state index is 12.7. The van der Waals surface area contributed by atoms with Gasteiger partial charge in [-0.25, -0.2) is 0 Å². The first kappa shape index (κ1) is 21.8. The zero-order valence-electron chi connectivity index (χ0n) is 18.6. The first-order valence-electron chi connectivity index (χ1n) is 10.3. The van der Waals surface area contributed by atoms with Crippen LogP contribution in [-0.4, -0.2) is 19.3 Å². The fourth-order valence-electron chi connectivity index (χ4n) is 3.64. The van der Waals surface area contributed by atoms with E-state index in [1.165, 1.54) is 5.56 Å². The highest BCUT2D eigenvalue weighted by Crippen LogP contribution is 2.37. The van der Waals surface area contributed by atoms with Gasteiger partial charge >= 0.3 is 0 Å². The number of carbonyl (C=O) groups is 1. The van der Waals surface area contributed by atoms with E-state index in [0.717, 1.165) is 43.8 Å². The lowest BCUT2D eigenvalue weighted by Crippen LogP contribution is -2.08. The molecule has 0 aliphatic heterocycles. The molecule has 3 aromatic carbocycles. The van der Waals surface area contributed by atoms with Gasteiger partial charge in [0, 0.05) is 39.2 Å². The van der Waals surface area contributed by atoms with Crippen LogP contribution < -0.4 is 10.1 Å². The Morgan fingerprint density at radius 2 is 1.88 bits per heavy atom. The number of furan rings is 1. The SMILES string of the molecule is COc1cc2occ(-c3ccc(C)cc3)c2cc1/C(C)=C/C(=O)Nc1cccc(SC)c1. The summed E-state index contributed by atoms with van der Waals surface area (Å²) in [5.41, 5.74) is 6.46. The number of anilines is 1. The molecule has 1 N–H and O–H groups in total. The van der Waals surface area contributed by atoms with Crippen LogP contribution in [0.4, 0.5) is 5.69 Å². The van der Waals surface area contributed by atoms with Gasteiger partial charge in [-0.15, -0.1) is 11.8 Å². The quantitative estimate of drug-likeness (QED) is 0.253. The highest BCUT2D eigenvalue weighted by Gasteiger charge is 2.15. The number of methoxy groups -OCH3 is 1. The second-order valence-corrected chi connectivity index (χ2v) is 8.49. The third kappa shape index (κ3) is 4.58. The molecule has 1 heterocycles. The number of thioether (sulfide) groups is 1. The maximum Gasteiger partial charge on any atom is 0.248 e. The number of ether oxygens (including phenoxy) is 1. The molecule has 162 valence electrons. The van der Waals surface area contributed by atoms with Crippen LogP contribution in [0, 0.1) is 6.92 Å². The molecule has 1 amide bonds. The van der Waals surface area contributed by atoms with Crippen molar-refractivity contribution in [3.05, 3.63) is 84.1 Å². The Morgan fingerprint density at radius 3 is 2.59 bits per heavy atom. The van der Waals surface area contributed by atoms with Gasteiger partial charge in [0.1, 0.15) is 11.3 Å². The Labute approximate surface area is 192 Å². The van der Waals surface area contributed by atoms with E-state index in [1.54, 1.807) is 31.2 Å². The number of aryl methyl sites for hydroxylation is 1. The summed E-state index contributed by atoms with van der Waals surface area (Å²) in [5.74, 6) is 0.474. The Kier molecular flexibility index (Phi) is 6.37. The molecule has 5 heteroatoms. The number of fused-ring (bicyclic) bond motifs is 1. The monoisotopic (exact) mass is 443 g/mol. The molecule has 0 saturated carbocycles. The number of carbonyl (C=O) groups excluding carboxylic acids is 1. The van der Waals surface area contributed by atoms with Crippen molar-refractivity contribution in [1.29, 1.82) is 0 Å². The van der Waals surface area contributed by atoms with Gasteiger partial charge in [0.2, 0.25) is 5.91 Å². The Balaban J connectivity index is 1.69. The van der Waals surface area contributed by atoms with E-state index >= 15 is 0 Å². The minimum atomic E-state index is -0.186. The van der Waals surface area contributed by atoms with Crippen LogP contribution in [-0.2, 0) is 4.79 Å². The predicted molar refractivity (Wildman–Crippen MR) is 133 cm³/mol. The van der Waals surface area contributed by atoms with Crippen LogP contribution in [0.3, 0.4) is 0 Å². The van der Waals surface area contributed by atoms with E-state index in [9.17, 15) is 4.79 Å².